The van der Waals surface area contributed by atoms with Gasteiger partial charge in [0.05, 0.1) is 0 Å². The van der Waals surface area contributed by atoms with E-state index >= 15 is 0 Å². The second-order valence-corrected chi connectivity index (χ2v) is 5.10. The van der Waals surface area contributed by atoms with Crippen LogP contribution in [0, 0.1) is 6.92 Å². The lowest BCUT2D eigenvalue weighted by Crippen LogP contribution is -2.50. The van der Waals surface area contributed by atoms with Crippen LogP contribution in [0.25, 0.3) is 10.9 Å². The molecule has 102 valence electrons. The minimum absolute atomic E-state index is 0.0964. The van der Waals surface area contributed by atoms with Crippen LogP contribution in [0.2, 0.25) is 0 Å². The average Bonchev–Trinajstić information content (AvgIpc) is 2.91. The quantitative estimate of drug-likeness (QED) is 0.812. The number of aromatic amines is 1. The van der Waals surface area contributed by atoms with Crippen molar-refractivity contribution in [3.63, 3.8) is 0 Å². The van der Waals surface area contributed by atoms with Crippen LogP contribution >= 0.6 is 0 Å². The molecule has 1 aliphatic heterocycles. The van der Waals surface area contributed by atoms with Crippen LogP contribution in [0.1, 0.15) is 24.1 Å². The molecular weight excluding hydrogens is 253 g/mol. The van der Waals surface area contributed by atoms with Gasteiger partial charge in [-0.25, -0.2) is 0 Å². The molecule has 1 unspecified atom stereocenters. The Morgan fingerprint density at radius 1 is 1.21 bits per heavy atom. The molecule has 5 heteroatoms. The molecule has 2 N–H and O–H groups in total. The summed E-state index contributed by atoms with van der Waals surface area (Å²) in [5.74, 6) is 0. The van der Waals surface area contributed by atoms with Gasteiger partial charge in [0, 0.05) is 22.2 Å². The van der Waals surface area contributed by atoms with E-state index in [0.717, 1.165) is 5.52 Å². The number of fused-ring (bicyclic) bond motifs is 1. The highest BCUT2D eigenvalue weighted by atomic mass is 19.4. The third-order valence-electron chi connectivity index (χ3n) is 3.96. The van der Waals surface area contributed by atoms with E-state index in [9.17, 15) is 13.2 Å². The summed E-state index contributed by atoms with van der Waals surface area (Å²) in [5.41, 5.74) is -0.204. The molecule has 2 aromatic rings. The van der Waals surface area contributed by atoms with Gasteiger partial charge in [-0.15, -0.1) is 0 Å². The van der Waals surface area contributed by atoms with Crippen molar-refractivity contribution in [2.45, 2.75) is 31.5 Å². The van der Waals surface area contributed by atoms with Crippen LogP contribution in [0.5, 0.6) is 0 Å². The standard InChI is InChI=1S/C14H15F3N2/c1-9-12(10-5-2-3-6-11(10)19-9)13(14(15,16)17)7-4-8-18-13/h2-3,5-6,18-19H,4,7-8H2,1H3. The first-order valence-electron chi connectivity index (χ1n) is 6.35. The van der Waals surface area contributed by atoms with Gasteiger partial charge in [-0.3, -0.25) is 5.32 Å². The zero-order chi connectivity index (χ0) is 13.7. The number of H-pyrrole nitrogens is 1. The summed E-state index contributed by atoms with van der Waals surface area (Å²) in [6.07, 6.45) is -3.66. The lowest BCUT2D eigenvalue weighted by Gasteiger charge is -2.32. The molecule has 1 fully saturated rings. The number of halogens is 3. The summed E-state index contributed by atoms with van der Waals surface area (Å²) in [5, 5.41) is 3.36. The molecule has 0 bridgehead atoms. The van der Waals surface area contributed by atoms with E-state index in [1.165, 1.54) is 0 Å². The van der Waals surface area contributed by atoms with Crippen molar-refractivity contribution in [2.75, 3.05) is 6.54 Å². The van der Waals surface area contributed by atoms with E-state index in [4.69, 9.17) is 0 Å². The zero-order valence-corrected chi connectivity index (χ0v) is 10.6. The van der Waals surface area contributed by atoms with Crippen LogP contribution in [-0.4, -0.2) is 17.7 Å². The van der Waals surface area contributed by atoms with Gasteiger partial charge < -0.3 is 4.98 Å². The maximum Gasteiger partial charge on any atom is 0.410 e. The van der Waals surface area contributed by atoms with Gasteiger partial charge >= 0.3 is 6.18 Å². The SMILES string of the molecule is Cc1[nH]c2ccccc2c1C1(C(F)(F)F)CCCN1. The molecular formula is C14H15F3N2. The second kappa shape index (κ2) is 4.00. The molecule has 2 nitrogen and oxygen atoms in total. The summed E-state index contributed by atoms with van der Waals surface area (Å²) < 4.78 is 40.8. The molecule has 19 heavy (non-hydrogen) atoms. The molecule has 0 radical (unpaired) electrons. The summed E-state index contributed by atoms with van der Waals surface area (Å²) in [7, 11) is 0. The number of alkyl halides is 3. The number of rotatable bonds is 1. The van der Waals surface area contributed by atoms with Crippen molar-refractivity contribution in [3.05, 3.63) is 35.5 Å². The Balaban J connectivity index is 2.30. The van der Waals surface area contributed by atoms with Crippen molar-refractivity contribution >= 4 is 10.9 Å². The normalized spacial score (nSPS) is 24.2. The van der Waals surface area contributed by atoms with E-state index in [-0.39, 0.29) is 6.42 Å². The number of aryl methyl sites for hydroxylation is 1. The zero-order valence-electron chi connectivity index (χ0n) is 10.6. The fourth-order valence-electron chi connectivity index (χ4n) is 3.17. The van der Waals surface area contributed by atoms with Crippen molar-refractivity contribution in [2.24, 2.45) is 0 Å². The Kier molecular flexibility index (Phi) is 2.64. The van der Waals surface area contributed by atoms with Gasteiger partial charge in [-0.2, -0.15) is 13.2 Å². The topological polar surface area (TPSA) is 27.8 Å². The van der Waals surface area contributed by atoms with Gasteiger partial charge in [0.2, 0.25) is 0 Å². The number of para-hydroxylation sites is 1. The predicted molar refractivity (Wildman–Crippen MR) is 68.0 cm³/mol. The average molecular weight is 268 g/mol. The lowest BCUT2D eigenvalue weighted by molar-refractivity contribution is -0.195. The fourth-order valence-corrected chi connectivity index (χ4v) is 3.17. The van der Waals surface area contributed by atoms with Crippen LogP contribution in [0.3, 0.4) is 0 Å². The Morgan fingerprint density at radius 2 is 1.95 bits per heavy atom. The van der Waals surface area contributed by atoms with Crippen molar-refractivity contribution in [1.29, 1.82) is 0 Å². The third-order valence-corrected chi connectivity index (χ3v) is 3.96. The minimum atomic E-state index is -4.29. The fraction of sp³-hybridized carbons (Fsp3) is 0.429. The summed E-state index contributed by atoms with van der Waals surface area (Å²) in [6, 6.07) is 7.16. The van der Waals surface area contributed by atoms with Crippen molar-refractivity contribution in [3.8, 4) is 0 Å². The molecule has 1 aromatic heterocycles. The van der Waals surface area contributed by atoms with E-state index < -0.39 is 11.7 Å². The lowest BCUT2D eigenvalue weighted by atomic mass is 9.85. The number of nitrogens with one attached hydrogen (secondary N) is 2. The van der Waals surface area contributed by atoms with Gasteiger partial charge in [-0.05, 0) is 32.4 Å². The molecule has 1 atom stereocenters. The first kappa shape index (κ1) is 12.5. The van der Waals surface area contributed by atoms with Gasteiger partial charge in [-0.1, -0.05) is 18.2 Å². The molecule has 0 aliphatic carbocycles. The molecule has 1 aromatic carbocycles. The highest BCUT2D eigenvalue weighted by molar-refractivity contribution is 5.86. The molecule has 3 rings (SSSR count). The monoisotopic (exact) mass is 268 g/mol. The molecule has 0 amide bonds. The number of hydrogen-bond acceptors (Lipinski definition) is 1. The van der Waals surface area contributed by atoms with Gasteiger partial charge in [0.15, 0.2) is 0 Å². The Morgan fingerprint density at radius 3 is 2.58 bits per heavy atom. The van der Waals surface area contributed by atoms with Crippen LogP contribution in [0.15, 0.2) is 24.3 Å². The first-order chi connectivity index (χ1) is 8.96. The Bertz CT molecular complexity index is 607. The second-order valence-electron chi connectivity index (χ2n) is 5.10. The highest BCUT2D eigenvalue weighted by Crippen LogP contribution is 2.48. The maximum absolute atomic E-state index is 13.6. The van der Waals surface area contributed by atoms with E-state index in [0.29, 0.717) is 29.6 Å². The van der Waals surface area contributed by atoms with Crippen LogP contribution in [-0.2, 0) is 5.54 Å². The molecule has 1 aliphatic rings. The van der Waals surface area contributed by atoms with Crippen LogP contribution in [0.4, 0.5) is 13.2 Å². The number of aromatic nitrogens is 1. The Labute approximate surface area is 109 Å². The minimum Gasteiger partial charge on any atom is -0.358 e. The Hall–Kier alpha value is -1.49. The molecule has 0 saturated carbocycles. The molecule has 0 spiro atoms. The largest absolute Gasteiger partial charge is 0.410 e. The van der Waals surface area contributed by atoms with Crippen molar-refractivity contribution < 1.29 is 13.2 Å². The summed E-state index contributed by atoms with van der Waals surface area (Å²) >= 11 is 0. The molecule has 1 saturated heterocycles. The third kappa shape index (κ3) is 1.68. The van der Waals surface area contributed by atoms with Gasteiger partial charge in [0.25, 0.3) is 0 Å². The van der Waals surface area contributed by atoms with E-state index in [2.05, 4.69) is 10.3 Å². The highest BCUT2D eigenvalue weighted by Gasteiger charge is 2.58. The first-order valence-corrected chi connectivity index (χ1v) is 6.35. The smallest absolute Gasteiger partial charge is 0.358 e. The van der Waals surface area contributed by atoms with Crippen molar-refractivity contribution in [1.82, 2.24) is 10.3 Å². The summed E-state index contributed by atoms with van der Waals surface area (Å²) in [6.45, 7) is 2.11. The van der Waals surface area contributed by atoms with Gasteiger partial charge in [0.1, 0.15) is 5.54 Å². The number of benzene rings is 1. The summed E-state index contributed by atoms with van der Waals surface area (Å²) in [4.78, 5) is 3.06. The maximum atomic E-state index is 13.6. The predicted octanol–water partition coefficient (Wildman–Crippen LogP) is 3.62. The number of hydrogen-bond donors (Lipinski definition) is 2. The van der Waals surface area contributed by atoms with E-state index in [1.807, 2.05) is 12.1 Å². The van der Waals surface area contributed by atoms with E-state index in [1.54, 1.807) is 19.1 Å². The molecule has 2 heterocycles. The van der Waals surface area contributed by atoms with Crippen LogP contribution < -0.4 is 5.32 Å².